The zero-order valence-electron chi connectivity index (χ0n) is 15.4. The number of thiazole rings is 1. The van der Waals surface area contributed by atoms with Crippen molar-refractivity contribution in [3.8, 4) is 22.1 Å². The van der Waals surface area contributed by atoms with Crippen molar-refractivity contribution in [2.45, 2.75) is 25.7 Å². The number of ether oxygens (including phenoxy) is 2. The number of hydrogen-bond acceptors (Lipinski definition) is 6. The SMILES string of the molecule is Cl.Cl.O=C(Cc1csc(-c2ccc3c(c2)OCO3)n1)NCCC1CCCNC1. The van der Waals surface area contributed by atoms with Crippen LogP contribution in [0.2, 0.25) is 0 Å². The van der Waals surface area contributed by atoms with Crippen LogP contribution in [0.5, 0.6) is 11.5 Å². The predicted molar refractivity (Wildman–Crippen MR) is 115 cm³/mol. The Morgan fingerprint density at radius 2 is 2.14 bits per heavy atom. The lowest BCUT2D eigenvalue weighted by Gasteiger charge is -2.22. The number of amides is 1. The van der Waals surface area contributed by atoms with Gasteiger partial charge in [0.1, 0.15) is 5.01 Å². The number of piperidine rings is 1. The summed E-state index contributed by atoms with van der Waals surface area (Å²) in [5.74, 6) is 2.23. The molecule has 1 atom stereocenters. The van der Waals surface area contributed by atoms with Gasteiger partial charge in [-0.2, -0.15) is 0 Å². The fourth-order valence-electron chi connectivity index (χ4n) is 3.36. The van der Waals surface area contributed by atoms with Crippen LogP contribution >= 0.6 is 36.2 Å². The zero-order valence-corrected chi connectivity index (χ0v) is 17.9. The Morgan fingerprint density at radius 1 is 1.29 bits per heavy atom. The van der Waals surface area contributed by atoms with Gasteiger partial charge >= 0.3 is 0 Å². The van der Waals surface area contributed by atoms with Gasteiger partial charge in [-0.1, -0.05) is 0 Å². The van der Waals surface area contributed by atoms with E-state index < -0.39 is 0 Å². The van der Waals surface area contributed by atoms with Crippen molar-refractivity contribution in [3.05, 3.63) is 29.3 Å². The molecule has 0 radical (unpaired) electrons. The average molecular weight is 446 g/mol. The maximum atomic E-state index is 12.2. The smallest absolute Gasteiger partial charge is 0.231 e. The van der Waals surface area contributed by atoms with Gasteiger partial charge in [-0.25, -0.2) is 4.98 Å². The summed E-state index contributed by atoms with van der Waals surface area (Å²) >= 11 is 1.54. The summed E-state index contributed by atoms with van der Waals surface area (Å²) < 4.78 is 10.7. The molecule has 2 aliphatic heterocycles. The van der Waals surface area contributed by atoms with Gasteiger partial charge in [-0.05, 0) is 56.5 Å². The van der Waals surface area contributed by atoms with Crippen molar-refractivity contribution in [3.63, 3.8) is 0 Å². The average Bonchev–Trinajstić information content (AvgIpc) is 3.31. The number of rotatable bonds is 6. The Balaban J connectivity index is 0.00000140. The zero-order chi connectivity index (χ0) is 17.8. The monoisotopic (exact) mass is 445 g/mol. The number of aromatic nitrogens is 1. The molecule has 0 bridgehead atoms. The lowest BCUT2D eigenvalue weighted by Crippen LogP contribution is -2.33. The third-order valence-electron chi connectivity index (χ3n) is 4.79. The van der Waals surface area contributed by atoms with Gasteiger partial charge in [0.2, 0.25) is 12.7 Å². The number of nitrogens with zero attached hydrogens (tertiary/aromatic N) is 1. The first-order chi connectivity index (χ1) is 12.8. The number of halogens is 2. The molecule has 2 N–H and O–H groups in total. The normalized spacial score (nSPS) is 17.4. The molecule has 0 aliphatic carbocycles. The van der Waals surface area contributed by atoms with Gasteiger partial charge in [0.15, 0.2) is 11.5 Å². The second kappa shape index (κ2) is 10.9. The van der Waals surface area contributed by atoms with Gasteiger partial charge in [0.25, 0.3) is 0 Å². The first-order valence-electron chi connectivity index (χ1n) is 9.10. The summed E-state index contributed by atoms with van der Waals surface area (Å²) in [7, 11) is 0. The molecule has 1 unspecified atom stereocenters. The lowest BCUT2D eigenvalue weighted by molar-refractivity contribution is -0.120. The Bertz CT molecular complexity index is 782. The highest BCUT2D eigenvalue weighted by Crippen LogP contribution is 2.36. The summed E-state index contributed by atoms with van der Waals surface area (Å²) in [6.45, 7) is 3.20. The Morgan fingerprint density at radius 3 is 2.96 bits per heavy atom. The third-order valence-corrected chi connectivity index (χ3v) is 5.73. The van der Waals surface area contributed by atoms with Crippen molar-refractivity contribution >= 4 is 42.1 Å². The van der Waals surface area contributed by atoms with E-state index in [0.29, 0.717) is 12.3 Å². The molecule has 0 saturated carbocycles. The highest BCUT2D eigenvalue weighted by Gasteiger charge is 2.16. The summed E-state index contributed by atoms with van der Waals surface area (Å²) in [6, 6.07) is 5.79. The van der Waals surface area contributed by atoms with E-state index in [1.807, 2.05) is 23.6 Å². The summed E-state index contributed by atoms with van der Waals surface area (Å²) in [5, 5.41) is 9.27. The standard InChI is InChI=1S/C19H23N3O3S.2ClH/c23-18(21-7-5-13-2-1-6-20-10-13)9-15-11-26-19(22-15)14-3-4-16-17(8-14)25-12-24-16;;/h3-4,8,11,13,20H,1-2,5-7,9-10,12H2,(H,21,23);2*1H. The second-order valence-corrected chi connectivity index (χ2v) is 7.60. The number of hydrogen-bond donors (Lipinski definition) is 2. The van der Waals surface area contributed by atoms with Gasteiger partial charge in [0.05, 0.1) is 12.1 Å². The fourth-order valence-corrected chi connectivity index (χ4v) is 4.18. The molecule has 28 heavy (non-hydrogen) atoms. The molecule has 9 heteroatoms. The summed E-state index contributed by atoms with van der Waals surface area (Å²) in [6.07, 6.45) is 3.86. The molecule has 154 valence electrons. The van der Waals surface area contributed by atoms with Crippen LogP contribution in [0.4, 0.5) is 0 Å². The molecule has 1 aromatic heterocycles. The first-order valence-corrected chi connectivity index (χ1v) is 9.98. The molecule has 1 saturated heterocycles. The van der Waals surface area contributed by atoms with Crippen LogP contribution < -0.4 is 20.1 Å². The number of nitrogens with one attached hydrogen (secondary N) is 2. The van der Waals surface area contributed by atoms with E-state index in [4.69, 9.17) is 9.47 Å². The van der Waals surface area contributed by atoms with E-state index in [-0.39, 0.29) is 37.5 Å². The number of benzene rings is 1. The molecule has 2 aromatic rings. The Labute approximate surface area is 181 Å². The first kappa shape index (κ1) is 22.7. The molecule has 3 heterocycles. The number of fused-ring (bicyclic) bond motifs is 1. The van der Waals surface area contributed by atoms with Crippen LogP contribution in [-0.2, 0) is 11.2 Å². The van der Waals surface area contributed by atoms with Crippen molar-refractivity contribution < 1.29 is 14.3 Å². The van der Waals surface area contributed by atoms with E-state index >= 15 is 0 Å². The van der Waals surface area contributed by atoms with Crippen molar-refractivity contribution in [1.82, 2.24) is 15.6 Å². The molecule has 1 amide bonds. The largest absolute Gasteiger partial charge is 0.454 e. The van der Waals surface area contributed by atoms with Crippen LogP contribution in [0.25, 0.3) is 10.6 Å². The van der Waals surface area contributed by atoms with Crippen LogP contribution in [0.3, 0.4) is 0 Å². The molecule has 2 aliphatic rings. The predicted octanol–water partition coefficient (Wildman–Crippen LogP) is 3.43. The molecular weight excluding hydrogens is 421 g/mol. The number of carbonyl (C=O) groups excluding carboxylic acids is 1. The van der Waals surface area contributed by atoms with Crippen LogP contribution in [0.1, 0.15) is 25.0 Å². The van der Waals surface area contributed by atoms with Crippen molar-refractivity contribution in [2.24, 2.45) is 5.92 Å². The quantitative estimate of drug-likeness (QED) is 0.712. The molecule has 1 aromatic carbocycles. The molecule has 4 rings (SSSR count). The van der Waals surface area contributed by atoms with E-state index in [9.17, 15) is 4.79 Å². The molecule has 0 spiro atoms. The third kappa shape index (κ3) is 5.73. The molecule has 1 fully saturated rings. The van der Waals surface area contributed by atoms with Crippen LogP contribution in [0, 0.1) is 5.92 Å². The van der Waals surface area contributed by atoms with Crippen LogP contribution in [0.15, 0.2) is 23.6 Å². The Kier molecular flexibility index (Phi) is 8.82. The highest BCUT2D eigenvalue weighted by atomic mass is 35.5. The maximum absolute atomic E-state index is 12.2. The van der Waals surface area contributed by atoms with E-state index in [0.717, 1.165) is 53.8 Å². The van der Waals surface area contributed by atoms with Gasteiger partial charge in [0, 0.05) is 17.5 Å². The van der Waals surface area contributed by atoms with Crippen molar-refractivity contribution in [2.75, 3.05) is 26.4 Å². The van der Waals surface area contributed by atoms with E-state index in [1.54, 1.807) is 11.3 Å². The minimum Gasteiger partial charge on any atom is -0.454 e. The molecular formula is C19H25Cl2N3O3S. The van der Waals surface area contributed by atoms with Crippen LogP contribution in [-0.4, -0.2) is 37.3 Å². The second-order valence-electron chi connectivity index (χ2n) is 6.74. The minimum atomic E-state index is 0. The Hall–Kier alpha value is -1.54. The lowest BCUT2D eigenvalue weighted by atomic mass is 9.96. The topological polar surface area (TPSA) is 72.5 Å². The summed E-state index contributed by atoms with van der Waals surface area (Å²) in [5.41, 5.74) is 1.79. The summed E-state index contributed by atoms with van der Waals surface area (Å²) in [4.78, 5) is 16.7. The van der Waals surface area contributed by atoms with Gasteiger partial charge in [-0.15, -0.1) is 36.2 Å². The van der Waals surface area contributed by atoms with Crippen molar-refractivity contribution in [1.29, 1.82) is 0 Å². The van der Waals surface area contributed by atoms with Gasteiger partial charge < -0.3 is 20.1 Å². The molecule has 6 nitrogen and oxygen atoms in total. The van der Waals surface area contributed by atoms with E-state index in [2.05, 4.69) is 15.6 Å². The fraction of sp³-hybridized carbons (Fsp3) is 0.474. The number of carbonyl (C=O) groups is 1. The van der Waals surface area contributed by atoms with E-state index in [1.165, 1.54) is 12.8 Å². The highest BCUT2D eigenvalue weighted by molar-refractivity contribution is 7.13. The minimum absolute atomic E-state index is 0. The van der Waals surface area contributed by atoms with Gasteiger partial charge in [-0.3, -0.25) is 4.79 Å². The maximum Gasteiger partial charge on any atom is 0.231 e.